The number of H-pyrrole nitrogens is 1. The number of carbonyl (C=O) groups is 2. The molecule has 200 valence electrons. The van der Waals surface area contributed by atoms with Gasteiger partial charge < -0.3 is 14.5 Å². The molecule has 0 aliphatic rings. The number of aromatic amines is 1. The number of hydrogen-bond acceptors (Lipinski definition) is 5. The minimum atomic E-state index is -0.487. The highest BCUT2D eigenvalue weighted by atomic mass is 35.5. The number of methoxy groups -OCH3 is 1. The van der Waals surface area contributed by atoms with Crippen LogP contribution in [-0.2, 0) is 0 Å². The molecule has 8 heteroatoms. The molecule has 1 amide bonds. The van der Waals surface area contributed by atoms with Crippen LogP contribution in [0.2, 0.25) is 5.02 Å². The summed E-state index contributed by atoms with van der Waals surface area (Å²) in [4.78, 5) is 29.1. The molecule has 5 aromatic rings. The maximum absolute atomic E-state index is 13.3. The van der Waals surface area contributed by atoms with E-state index in [9.17, 15) is 9.59 Å². The molecule has 0 aliphatic heterocycles. The summed E-state index contributed by atoms with van der Waals surface area (Å²) in [5, 5.41) is 5.58. The zero-order valence-electron chi connectivity index (χ0n) is 22.1. The number of nitrogens with one attached hydrogen (secondary N) is 2. The zero-order valence-corrected chi connectivity index (χ0v) is 22.9. The Morgan fingerprint density at radius 1 is 0.900 bits per heavy atom. The number of hydrogen-bond donors (Lipinski definition) is 2. The van der Waals surface area contributed by atoms with Gasteiger partial charge in [-0.15, -0.1) is 0 Å². The number of halogens is 1. The fraction of sp³-hybridized carbons (Fsp3) is 0.0938. The quantitative estimate of drug-likeness (QED) is 0.0976. The minimum Gasteiger partial charge on any atom is -0.493 e. The van der Waals surface area contributed by atoms with Gasteiger partial charge in [0.25, 0.3) is 5.91 Å². The van der Waals surface area contributed by atoms with Crippen molar-refractivity contribution < 1.29 is 19.1 Å². The van der Waals surface area contributed by atoms with E-state index in [1.807, 2.05) is 56.3 Å². The van der Waals surface area contributed by atoms with Crippen molar-refractivity contribution in [2.75, 3.05) is 7.11 Å². The van der Waals surface area contributed by atoms with Crippen molar-refractivity contribution in [3.8, 4) is 22.6 Å². The van der Waals surface area contributed by atoms with Crippen molar-refractivity contribution in [3.05, 3.63) is 118 Å². The normalized spacial score (nSPS) is 11.1. The largest absolute Gasteiger partial charge is 0.493 e. The summed E-state index contributed by atoms with van der Waals surface area (Å²) < 4.78 is 11.0. The van der Waals surface area contributed by atoms with Crippen molar-refractivity contribution >= 4 is 40.6 Å². The lowest BCUT2D eigenvalue weighted by atomic mass is 10.0. The Balaban J connectivity index is 1.37. The SMILES string of the molecule is COc1cc(C=NNC(=O)c2[nH]c3ccc(C)cc3c2-c2ccccc2Cl)ccc1OC(=O)c1cccc(C)c1. The smallest absolute Gasteiger partial charge is 0.343 e. The molecule has 7 nitrogen and oxygen atoms in total. The van der Waals surface area contributed by atoms with Crippen molar-refractivity contribution in [2.45, 2.75) is 13.8 Å². The summed E-state index contributed by atoms with van der Waals surface area (Å²) >= 11 is 6.51. The van der Waals surface area contributed by atoms with Gasteiger partial charge in [0.15, 0.2) is 11.5 Å². The first-order valence-electron chi connectivity index (χ1n) is 12.5. The van der Waals surface area contributed by atoms with Gasteiger partial charge in [-0.1, -0.05) is 59.1 Å². The molecule has 1 aromatic heterocycles. The van der Waals surface area contributed by atoms with Crippen LogP contribution in [-0.4, -0.2) is 30.2 Å². The van der Waals surface area contributed by atoms with E-state index >= 15 is 0 Å². The van der Waals surface area contributed by atoms with Crippen LogP contribution in [0.15, 0.2) is 90.0 Å². The van der Waals surface area contributed by atoms with Gasteiger partial charge in [0.05, 0.1) is 18.9 Å². The van der Waals surface area contributed by atoms with Crippen LogP contribution < -0.4 is 14.9 Å². The van der Waals surface area contributed by atoms with E-state index in [0.29, 0.717) is 33.2 Å². The summed E-state index contributed by atoms with van der Waals surface area (Å²) in [6.07, 6.45) is 1.48. The molecule has 0 unspecified atom stereocenters. The molecule has 2 N–H and O–H groups in total. The summed E-state index contributed by atoms with van der Waals surface area (Å²) in [6, 6.07) is 25.5. The van der Waals surface area contributed by atoms with E-state index in [0.717, 1.165) is 27.6 Å². The predicted octanol–water partition coefficient (Wildman–Crippen LogP) is 7.10. The Morgan fingerprint density at radius 3 is 2.48 bits per heavy atom. The second-order valence-electron chi connectivity index (χ2n) is 9.27. The van der Waals surface area contributed by atoms with E-state index in [-0.39, 0.29) is 5.75 Å². The highest BCUT2D eigenvalue weighted by molar-refractivity contribution is 6.34. The van der Waals surface area contributed by atoms with Gasteiger partial charge in [-0.25, -0.2) is 10.2 Å². The number of fused-ring (bicyclic) bond motifs is 1. The molecule has 0 aliphatic carbocycles. The third kappa shape index (κ3) is 5.60. The molecule has 0 atom stereocenters. The lowest BCUT2D eigenvalue weighted by Gasteiger charge is -2.10. The Kier molecular flexibility index (Phi) is 7.66. The summed E-state index contributed by atoms with van der Waals surface area (Å²) in [7, 11) is 1.48. The first-order valence-corrected chi connectivity index (χ1v) is 12.9. The van der Waals surface area contributed by atoms with Gasteiger partial charge in [-0.3, -0.25) is 4.79 Å². The fourth-order valence-corrected chi connectivity index (χ4v) is 4.65. The number of aromatic nitrogens is 1. The number of hydrazone groups is 1. The van der Waals surface area contributed by atoms with Crippen LogP contribution >= 0.6 is 11.6 Å². The molecule has 0 spiro atoms. The highest BCUT2D eigenvalue weighted by Crippen LogP contribution is 2.37. The van der Waals surface area contributed by atoms with Crippen LogP contribution in [0.25, 0.3) is 22.0 Å². The first-order chi connectivity index (χ1) is 19.3. The summed E-state index contributed by atoms with van der Waals surface area (Å²) in [6.45, 7) is 3.90. The van der Waals surface area contributed by atoms with Crippen molar-refractivity contribution in [1.82, 2.24) is 10.4 Å². The molecule has 40 heavy (non-hydrogen) atoms. The number of nitrogens with zero attached hydrogens (tertiary/aromatic N) is 1. The number of benzene rings is 4. The Morgan fingerprint density at radius 2 is 1.70 bits per heavy atom. The number of esters is 1. The third-order valence-electron chi connectivity index (χ3n) is 6.35. The van der Waals surface area contributed by atoms with Crippen molar-refractivity contribution in [3.63, 3.8) is 0 Å². The lowest BCUT2D eigenvalue weighted by molar-refractivity contribution is 0.0729. The molecule has 5 rings (SSSR count). The number of aryl methyl sites for hydroxylation is 2. The number of ether oxygens (including phenoxy) is 2. The van der Waals surface area contributed by atoms with E-state index in [4.69, 9.17) is 21.1 Å². The standard InChI is InChI=1S/C32H26ClN3O4/c1-19-7-6-8-22(15-19)32(38)40-27-14-12-21(17-28(27)39-3)18-34-36-31(37)30-29(23-9-4-5-10-25(23)33)24-16-20(2)11-13-26(24)35-30/h4-18,35H,1-3H3,(H,36,37). The first kappa shape index (κ1) is 26.7. The van der Waals surface area contributed by atoms with Crippen molar-refractivity contribution in [1.29, 1.82) is 0 Å². The van der Waals surface area contributed by atoms with E-state index in [1.54, 1.807) is 42.5 Å². The average molecular weight is 552 g/mol. The number of carbonyl (C=O) groups excluding carboxylic acids is 2. The Hall–Kier alpha value is -4.88. The zero-order chi connectivity index (χ0) is 28.2. The van der Waals surface area contributed by atoms with Gasteiger partial charge in [-0.2, -0.15) is 5.10 Å². The van der Waals surface area contributed by atoms with Crippen LogP contribution in [0.4, 0.5) is 0 Å². The maximum Gasteiger partial charge on any atom is 0.343 e. The van der Waals surface area contributed by atoms with E-state index in [1.165, 1.54) is 13.3 Å². The van der Waals surface area contributed by atoms with Gasteiger partial charge in [0, 0.05) is 27.1 Å². The van der Waals surface area contributed by atoms with Crippen LogP contribution in [0.5, 0.6) is 11.5 Å². The third-order valence-corrected chi connectivity index (χ3v) is 6.68. The summed E-state index contributed by atoms with van der Waals surface area (Å²) in [5.74, 6) is -0.287. The molecule has 0 bridgehead atoms. The molecule has 0 saturated carbocycles. The fourth-order valence-electron chi connectivity index (χ4n) is 4.42. The maximum atomic E-state index is 13.3. The predicted molar refractivity (Wildman–Crippen MR) is 158 cm³/mol. The second-order valence-corrected chi connectivity index (χ2v) is 9.68. The molecule has 1 heterocycles. The topological polar surface area (TPSA) is 92.8 Å². The number of amides is 1. The Labute approximate surface area is 236 Å². The average Bonchev–Trinajstić information content (AvgIpc) is 3.32. The van der Waals surface area contributed by atoms with E-state index < -0.39 is 11.9 Å². The van der Waals surface area contributed by atoms with Gasteiger partial charge in [0.2, 0.25) is 0 Å². The Bertz CT molecular complexity index is 1770. The number of rotatable bonds is 7. The molecule has 0 fully saturated rings. The van der Waals surface area contributed by atoms with E-state index in [2.05, 4.69) is 15.5 Å². The van der Waals surface area contributed by atoms with Crippen LogP contribution in [0.1, 0.15) is 37.5 Å². The summed E-state index contributed by atoms with van der Waals surface area (Å²) in [5.41, 5.74) is 8.30. The second kappa shape index (κ2) is 11.5. The van der Waals surface area contributed by atoms with Gasteiger partial charge in [-0.05, 0) is 67.9 Å². The van der Waals surface area contributed by atoms with Gasteiger partial charge in [0.1, 0.15) is 5.69 Å². The molecule has 4 aromatic carbocycles. The lowest BCUT2D eigenvalue weighted by Crippen LogP contribution is -2.19. The molecular weight excluding hydrogens is 526 g/mol. The van der Waals surface area contributed by atoms with Gasteiger partial charge >= 0.3 is 5.97 Å². The van der Waals surface area contributed by atoms with Crippen molar-refractivity contribution in [2.24, 2.45) is 5.10 Å². The molecule has 0 saturated heterocycles. The molecule has 0 radical (unpaired) electrons. The molecular formula is C32H26ClN3O4. The van der Waals surface area contributed by atoms with Crippen LogP contribution in [0, 0.1) is 13.8 Å². The van der Waals surface area contributed by atoms with Crippen LogP contribution in [0.3, 0.4) is 0 Å². The highest BCUT2D eigenvalue weighted by Gasteiger charge is 2.21. The minimum absolute atomic E-state index is 0.271. The monoisotopic (exact) mass is 551 g/mol.